The van der Waals surface area contributed by atoms with Crippen LogP contribution in [0.2, 0.25) is 0 Å². The highest BCUT2D eigenvalue weighted by Crippen LogP contribution is 2.38. The highest BCUT2D eigenvalue weighted by atomic mass is 16.5. The summed E-state index contributed by atoms with van der Waals surface area (Å²) in [6.45, 7) is 6.37. The second-order valence-corrected chi connectivity index (χ2v) is 8.01. The van der Waals surface area contributed by atoms with Crippen molar-refractivity contribution >= 4 is 17.6 Å². The second kappa shape index (κ2) is 7.47. The maximum atomic E-state index is 12.6. The van der Waals surface area contributed by atoms with Crippen LogP contribution in [0.5, 0.6) is 0 Å². The molecule has 9 heteroatoms. The molecule has 1 N–H and O–H groups in total. The predicted molar refractivity (Wildman–Crippen MR) is 99.4 cm³/mol. The van der Waals surface area contributed by atoms with E-state index in [-0.39, 0.29) is 23.9 Å². The van der Waals surface area contributed by atoms with Gasteiger partial charge in [-0.05, 0) is 26.4 Å². The number of anilines is 1. The first-order chi connectivity index (χ1) is 13.0. The Bertz CT molecular complexity index is 701. The lowest BCUT2D eigenvalue weighted by molar-refractivity contribution is -0.136. The Morgan fingerprint density at radius 1 is 1.15 bits per heavy atom. The molecule has 3 aliphatic heterocycles. The average Bonchev–Trinajstić information content (AvgIpc) is 3.37. The molecule has 1 aromatic rings. The van der Waals surface area contributed by atoms with E-state index in [1.807, 2.05) is 4.90 Å². The van der Waals surface area contributed by atoms with Crippen LogP contribution < -0.4 is 5.32 Å². The molecule has 1 unspecified atom stereocenters. The molecule has 1 spiro atoms. The van der Waals surface area contributed by atoms with Crippen molar-refractivity contribution in [1.29, 1.82) is 0 Å². The van der Waals surface area contributed by atoms with Crippen LogP contribution in [0.25, 0.3) is 0 Å². The van der Waals surface area contributed by atoms with E-state index in [2.05, 4.69) is 22.4 Å². The first-order valence-corrected chi connectivity index (χ1v) is 9.66. The Morgan fingerprint density at radius 3 is 2.67 bits per heavy atom. The molecule has 0 aliphatic carbocycles. The third-order valence-corrected chi connectivity index (χ3v) is 5.90. The fourth-order valence-electron chi connectivity index (χ4n) is 4.37. The SMILES string of the molecule is CN1CCC2(CCN(C(=O)Nc3cnn(CC(=O)N4CCOCC4)c3)C2)C1. The summed E-state index contributed by atoms with van der Waals surface area (Å²) in [5, 5.41) is 7.13. The number of carbonyl (C=O) groups is 2. The lowest BCUT2D eigenvalue weighted by Crippen LogP contribution is -2.42. The quantitative estimate of drug-likeness (QED) is 0.821. The fraction of sp³-hybridized carbons (Fsp3) is 0.722. The number of nitrogens with one attached hydrogen (secondary N) is 1. The third-order valence-electron chi connectivity index (χ3n) is 5.90. The topological polar surface area (TPSA) is 82.9 Å². The summed E-state index contributed by atoms with van der Waals surface area (Å²) in [6, 6.07) is -0.0829. The molecule has 0 radical (unpaired) electrons. The molecule has 1 atom stereocenters. The van der Waals surface area contributed by atoms with Gasteiger partial charge in [0.2, 0.25) is 5.91 Å². The van der Waals surface area contributed by atoms with E-state index in [1.165, 1.54) is 0 Å². The number of aromatic nitrogens is 2. The summed E-state index contributed by atoms with van der Waals surface area (Å²) in [6.07, 6.45) is 5.54. The number of urea groups is 1. The maximum Gasteiger partial charge on any atom is 0.321 e. The lowest BCUT2D eigenvalue weighted by atomic mass is 9.86. The van der Waals surface area contributed by atoms with Gasteiger partial charge in [-0.15, -0.1) is 0 Å². The molecule has 27 heavy (non-hydrogen) atoms. The van der Waals surface area contributed by atoms with Gasteiger partial charge < -0.3 is 24.8 Å². The van der Waals surface area contributed by atoms with Gasteiger partial charge in [0.15, 0.2) is 0 Å². The predicted octanol–water partition coefficient (Wildman–Crippen LogP) is 0.301. The van der Waals surface area contributed by atoms with E-state index >= 15 is 0 Å². The Balaban J connectivity index is 1.29. The first-order valence-electron chi connectivity index (χ1n) is 9.66. The van der Waals surface area contributed by atoms with Crippen LogP contribution in [0.4, 0.5) is 10.5 Å². The third kappa shape index (κ3) is 4.08. The van der Waals surface area contributed by atoms with Gasteiger partial charge in [0.05, 0.1) is 25.1 Å². The second-order valence-electron chi connectivity index (χ2n) is 8.01. The summed E-state index contributed by atoms with van der Waals surface area (Å²) in [4.78, 5) is 30.9. The van der Waals surface area contributed by atoms with E-state index in [1.54, 1.807) is 22.0 Å². The van der Waals surface area contributed by atoms with E-state index in [4.69, 9.17) is 4.74 Å². The molecule has 1 aromatic heterocycles. The maximum absolute atomic E-state index is 12.6. The van der Waals surface area contributed by atoms with Crippen LogP contribution in [-0.4, -0.2) is 95.9 Å². The van der Waals surface area contributed by atoms with E-state index in [0.717, 1.165) is 39.0 Å². The highest BCUT2D eigenvalue weighted by molar-refractivity contribution is 5.89. The van der Waals surface area contributed by atoms with Crippen molar-refractivity contribution in [2.24, 2.45) is 5.41 Å². The molecule has 4 heterocycles. The summed E-state index contributed by atoms with van der Waals surface area (Å²) in [5.74, 6) is 0.0196. The van der Waals surface area contributed by atoms with Crippen molar-refractivity contribution in [3.8, 4) is 0 Å². The number of hydrogen-bond acceptors (Lipinski definition) is 5. The van der Waals surface area contributed by atoms with Gasteiger partial charge in [0.25, 0.3) is 0 Å². The van der Waals surface area contributed by atoms with Crippen LogP contribution in [-0.2, 0) is 16.1 Å². The van der Waals surface area contributed by atoms with E-state index in [0.29, 0.717) is 32.0 Å². The summed E-state index contributed by atoms with van der Waals surface area (Å²) in [7, 11) is 2.14. The first kappa shape index (κ1) is 18.2. The summed E-state index contributed by atoms with van der Waals surface area (Å²) < 4.78 is 6.84. The standard InChI is InChI=1S/C18H28N6O3/c1-21-4-2-18(13-21)3-5-23(14-18)17(26)20-15-10-19-24(11-15)12-16(25)22-6-8-27-9-7-22/h10-11H,2-9,12-14H2,1H3,(H,20,26). The zero-order valence-corrected chi connectivity index (χ0v) is 15.9. The monoisotopic (exact) mass is 376 g/mol. The normalized spacial score (nSPS) is 26.1. The van der Waals surface area contributed by atoms with Gasteiger partial charge >= 0.3 is 6.03 Å². The molecule has 0 saturated carbocycles. The number of ether oxygens (including phenoxy) is 1. The lowest BCUT2D eigenvalue weighted by Gasteiger charge is -2.26. The molecule has 3 fully saturated rings. The van der Waals surface area contributed by atoms with Gasteiger partial charge in [-0.3, -0.25) is 9.48 Å². The number of amides is 3. The van der Waals surface area contributed by atoms with Crippen LogP contribution >= 0.6 is 0 Å². The zero-order valence-electron chi connectivity index (χ0n) is 15.9. The number of likely N-dealkylation sites (tertiary alicyclic amines) is 2. The van der Waals surface area contributed by atoms with Crippen molar-refractivity contribution in [2.75, 3.05) is 64.8 Å². The Kier molecular flexibility index (Phi) is 5.05. The molecule has 9 nitrogen and oxygen atoms in total. The van der Waals surface area contributed by atoms with Gasteiger partial charge in [0.1, 0.15) is 6.54 Å². The number of nitrogens with zero attached hydrogens (tertiary/aromatic N) is 5. The Hall–Kier alpha value is -2.13. The molecule has 0 bridgehead atoms. The largest absolute Gasteiger partial charge is 0.378 e. The molecule has 3 amide bonds. The number of morpholine rings is 1. The minimum Gasteiger partial charge on any atom is -0.378 e. The van der Waals surface area contributed by atoms with E-state index < -0.39 is 0 Å². The van der Waals surface area contributed by atoms with Gasteiger partial charge in [-0.1, -0.05) is 0 Å². The van der Waals surface area contributed by atoms with Crippen molar-refractivity contribution in [3.05, 3.63) is 12.4 Å². The molecule has 148 valence electrons. The Labute approximate surface area is 159 Å². The molecular weight excluding hydrogens is 348 g/mol. The summed E-state index contributed by atoms with van der Waals surface area (Å²) >= 11 is 0. The molecule has 4 rings (SSSR count). The van der Waals surface area contributed by atoms with Crippen molar-refractivity contribution in [2.45, 2.75) is 19.4 Å². The number of hydrogen-bond donors (Lipinski definition) is 1. The van der Waals surface area contributed by atoms with Gasteiger partial charge in [-0.2, -0.15) is 5.10 Å². The minimum absolute atomic E-state index is 0.0196. The fourth-order valence-corrected chi connectivity index (χ4v) is 4.37. The average molecular weight is 376 g/mol. The molecular formula is C18H28N6O3. The van der Waals surface area contributed by atoms with Crippen molar-refractivity contribution < 1.29 is 14.3 Å². The van der Waals surface area contributed by atoms with Crippen LogP contribution in [0.1, 0.15) is 12.8 Å². The van der Waals surface area contributed by atoms with Gasteiger partial charge in [-0.25, -0.2) is 4.79 Å². The van der Waals surface area contributed by atoms with Gasteiger partial charge in [0, 0.05) is 44.3 Å². The molecule has 3 aliphatic rings. The smallest absolute Gasteiger partial charge is 0.321 e. The zero-order chi connectivity index (χ0) is 18.9. The molecule has 3 saturated heterocycles. The van der Waals surface area contributed by atoms with Crippen LogP contribution in [0, 0.1) is 5.41 Å². The van der Waals surface area contributed by atoms with Crippen molar-refractivity contribution in [3.63, 3.8) is 0 Å². The van der Waals surface area contributed by atoms with E-state index in [9.17, 15) is 9.59 Å². The minimum atomic E-state index is -0.0829. The van der Waals surface area contributed by atoms with Crippen LogP contribution in [0.3, 0.4) is 0 Å². The van der Waals surface area contributed by atoms with Crippen LogP contribution in [0.15, 0.2) is 12.4 Å². The number of rotatable bonds is 3. The highest BCUT2D eigenvalue weighted by Gasteiger charge is 2.43. The number of carbonyl (C=O) groups excluding carboxylic acids is 2. The Morgan fingerprint density at radius 2 is 1.93 bits per heavy atom. The summed E-state index contributed by atoms with van der Waals surface area (Å²) in [5.41, 5.74) is 0.889. The van der Waals surface area contributed by atoms with Crippen molar-refractivity contribution in [1.82, 2.24) is 24.5 Å². The molecule has 0 aromatic carbocycles.